The Balaban J connectivity index is 2.02. The van der Waals surface area contributed by atoms with Gasteiger partial charge in [-0.15, -0.1) is 0 Å². The summed E-state index contributed by atoms with van der Waals surface area (Å²) in [5.74, 6) is -3.12. The van der Waals surface area contributed by atoms with Crippen molar-refractivity contribution in [2.45, 2.75) is 39.7 Å². The fourth-order valence-electron chi connectivity index (χ4n) is 4.30. The van der Waals surface area contributed by atoms with E-state index in [4.69, 9.17) is 19.3 Å². The van der Waals surface area contributed by atoms with Crippen LogP contribution in [0.4, 0.5) is 5.69 Å². The maximum atomic E-state index is 13.2. The zero-order chi connectivity index (χ0) is 28.0. The van der Waals surface area contributed by atoms with E-state index in [1.165, 1.54) is 7.11 Å². The predicted octanol–water partition coefficient (Wildman–Crippen LogP) is 1.72. The second-order valence-corrected chi connectivity index (χ2v) is 9.05. The van der Waals surface area contributed by atoms with Crippen LogP contribution >= 0.6 is 0 Å². The first-order valence-corrected chi connectivity index (χ1v) is 12.2. The minimum atomic E-state index is -0.833. The number of aliphatic hydroxyl groups excluding tert-OH is 1. The molecule has 2 aliphatic heterocycles. The quantitative estimate of drug-likeness (QED) is 0.221. The normalized spacial score (nSPS) is 17.6. The number of allylic oxidation sites excluding steroid dienone is 2. The summed E-state index contributed by atoms with van der Waals surface area (Å²) in [4.78, 5) is 52.1. The summed E-state index contributed by atoms with van der Waals surface area (Å²) < 4.78 is 15.9. The Kier molecular flexibility index (Phi) is 9.43. The van der Waals surface area contributed by atoms with Crippen LogP contribution in [0.3, 0.4) is 0 Å². The summed E-state index contributed by atoms with van der Waals surface area (Å²) in [6, 6.07) is 6.83. The zero-order valence-electron chi connectivity index (χ0n) is 22.1. The number of carbonyl (C=O) groups excluding carboxylic acids is 4. The van der Waals surface area contributed by atoms with Crippen molar-refractivity contribution < 1.29 is 38.5 Å². The highest BCUT2D eigenvalue weighted by molar-refractivity contribution is 6.17. The standard InChI is InChI=1S/C27H33N3O8/c1-15(2)38-27(35)23-17(4)28-16(3)22(26(34)37-12-11-36-5)24(23)18-7-6-8-19(13-18)29-20-14-21(32)30(9-10-31)25(20)33/h6-8,13-15,24,28-29,31H,9-12H2,1-5H3. The lowest BCUT2D eigenvalue weighted by molar-refractivity contribution is -0.143. The van der Waals surface area contributed by atoms with Crippen molar-refractivity contribution >= 4 is 29.4 Å². The number of carbonyl (C=O) groups is 4. The molecule has 3 N–H and O–H groups in total. The van der Waals surface area contributed by atoms with Gasteiger partial charge >= 0.3 is 11.9 Å². The third-order valence-electron chi connectivity index (χ3n) is 5.90. The number of aliphatic hydroxyl groups is 1. The lowest BCUT2D eigenvalue weighted by Crippen LogP contribution is -2.34. The van der Waals surface area contributed by atoms with E-state index in [0.29, 0.717) is 22.6 Å². The van der Waals surface area contributed by atoms with Crippen molar-refractivity contribution in [2.24, 2.45) is 0 Å². The van der Waals surface area contributed by atoms with Crippen molar-refractivity contribution in [3.8, 4) is 0 Å². The van der Waals surface area contributed by atoms with Gasteiger partial charge in [-0.3, -0.25) is 14.5 Å². The number of ether oxygens (including phenoxy) is 3. The number of β-amino-alcohol motifs (C(OH)–C–C–N with tert-alkyl or cyclic N) is 1. The van der Waals surface area contributed by atoms with E-state index in [-0.39, 0.29) is 49.3 Å². The van der Waals surface area contributed by atoms with Crippen molar-refractivity contribution in [1.82, 2.24) is 10.2 Å². The average Bonchev–Trinajstić information content (AvgIpc) is 3.10. The molecule has 1 aromatic carbocycles. The van der Waals surface area contributed by atoms with Gasteiger partial charge in [-0.2, -0.15) is 0 Å². The van der Waals surface area contributed by atoms with Crippen LogP contribution in [0.1, 0.15) is 39.2 Å². The van der Waals surface area contributed by atoms with Crippen LogP contribution in [0.5, 0.6) is 0 Å². The van der Waals surface area contributed by atoms with Crippen molar-refractivity contribution in [3.05, 3.63) is 64.1 Å². The number of rotatable bonds is 11. The first-order valence-electron chi connectivity index (χ1n) is 12.2. The van der Waals surface area contributed by atoms with Gasteiger partial charge in [0.15, 0.2) is 0 Å². The van der Waals surface area contributed by atoms with Gasteiger partial charge in [0, 0.05) is 30.3 Å². The number of hydrogen-bond acceptors (Lipinski definition) is 10. The minimum absolute atomic E-state index is 0.0313. The number of nitrogens with one attached hydrogen (secondary N) is 2. The molecule has 0 bridgehead atoms. The molecule has 204 valence electrons. The molecule has 11 heteroatoms. The van der Waals surface area contributed by atoms with E-state index < -0.39 is 29.7 Å². The Hall–Kier alpha value is -3.96. The third kappa shape index (κ3) is 6.29. The lowest BCUT2D eigenvalue weighted by Gasteiger charge is -2.31. The number of nitrogens with zero attached hydrogens (tertiary/aromatic N) is 1. The second-order valence-electron chi connectivity index (χ2n) is 9.05. The lowest BCUT2D eigenvalue weighted by atomic mass is 9.80. The summed E-state index contributed by atoms with van der Waals surface area (Å²) in [5.41, 5.74) is 2.60. The smallest absolute Gasteiger partial charge is 0.337 e. The molecule has 11 nitrogen and oxygen atoms in total. The molecule has 0 spiro atoms. The second kappa shape index (κ2) is 12.5. The van der Waals surface area contributed by atoms with Crippen LogP contribution in [-0.2, 0) is 33.4 Å². The largest absolute Gasteiger partial charge is 0.460 e. The van der Waals surface area contributed by atoms with E-state index in [1.807, 2.05) is 0 Å². The predicted molar refractivity (Wildman–Crippen MR) is 137 cm³/mol. The van der Waals surface area contributed by atoms with Crippen LogP contribution < -0.4 is 10.6 Å². The van der Waals surface area contributed by atoms with Gasteiger partial charge < -0.3 is 30.0 Å². The maximum absolute atomic E-state index is 13.2. The van der Waals surface area contributed by atoms with E-state index in [1.54, 1.807) is 52.0 Å². The van der Waals surface area contributed by atoms with Crippen molar-refractivity contribution in [3.63, 3.8) is 0 Å². The van der Waals surface area contributed by atoms with Crippen LogP contribution in [-0.4, -0.2) is 73.3 Å². The first kappa shape index (κ1) is 28.6. The summed E-state index contributed by atoms with van der Waals surface area (Å²) in [5, 5.41) is 15.2. The number of methoxy groups -OCH3 is 1. The molecule has 0 radical (unpaired) electrons. The number of benzene rings is 1. The van der Waals surface area contributed by atoms with Gasteiger partial charge in [0.25, 0.3) is 11.8 Å². The van der Waals surface area contributed by atoms with Crippen LogP contribution in [0, 0.1) is 0 Å². The summed E-state index contributed by atoms with van der Waals surface area (Å²) in [6.45, 7) is 6.70. The minimum Gasteiger partial charge on any atom is -0.460 e. The SMILES string of the molecule is COCCOC(=O)C1=C(C)NC(C)=C(C(=O)OC(C)C)C1c1cccc(NC2=CC(=O)N(CCO)C2=O)c1. The molecule has 1 atom stereocenters. The van der Waals surface area contributed by atoms with Gasteiger partial charge in [0.1, 0.15) is 12.3 Å². The molecule has 2 amide bonds. The molecule has 0 aromatic heterocycles. The Labute approximate surface area is 221 Å². The molecule has 1 unspecified atom stereocenters. The number of dihydropyridines is 1. The zero-order valence-corrected chi connectivity index (χ0v) is 22.1. The van der Waals surface area contributed by atoms with Crippen LogP contribution in [0.25, 0.3) is 0 Å². The van der Waals surface area contributed by atoms with Gasteiger partial charge in [-0.05, 0) is 45.4 Å². The summed E-state index contributed by atoms with van der Waals surface area (Å²) >= 11 is 0. The number of hydrogen-bond donors (Lipinski definition) is 3. The third-order valence-corrected chi connectivity index (χ3v) is 5.90. The number of anilines is 1. The van der Waals surface area contributed by atoms with Crippen molar-refractivity contribution in [2.75, 3.05) is 38.8 Å². The van der Waals surface area contributed by atoms with Gasteiger partial charge in [-0.25, -0.2) is 9.59 Å². The average molecular weight is 528 g/mol. The van der Waals surface area contributed by atoms with E-state index in [9.17, 15) is 19.2 Å². The van der Waals surface area contributed by atoms with Crippen molar-refractivity contribution in [1.29, 1.82) is 0 Å². The highest BCUT2D eigenvalue weighted by Crippen LogP contribution is 2.40. The molecule has 2 aliphatic rings. The van der Waals surface area contributed by atoms with E-state index in [0.717, 1.165) is 11.0 Å². The highest BCUT2D eigenvalue weighted by Gasteiger charge is 2.38. The van der Waals surface area contributed by atoms with Gasteiger partial charge in [-0.1, -0.05) is 12.1 Å². The van der Waals surface area contributed by atoms with Crippen LogP contribution in [0.2, 0.25) is 0 Å². The monoisotopic (exact) mass is 527 g/mol. The Bertz CT molecular complexity index is 1210. The van der Waals surface area contributed by atoms with Gasteiger partial charge in [0.2, 0.25) is 0 Å². The topological polar surface area (TPSA) is 144 Å². The molecular weight excluding hydrogens is 494 g/mol. The summed E-state index contributed by atoms with van der Waals surface area (Å²) in [7, 11) is 1.50. The molecule has 0 saturated heterocycles. The summed E-state index contributed by atoms with van der Waals surface area (Å²) in [6.07, 6.45) is 0.771. The molecule has 38 heavy (non-hydrogen) atoms. The molecule has 1 aromatic rings. The first-order chi connectivity index (χ1) is 18.1. The molecule has 0 aliphatic carbocycles. The Morgan fingerprint density at radius 1 is 1.11 bits per heavy atom. The molecular formula is C27H33N3O8. The fraction of sp³-hybridized carbons (Fsp3) is 0.407. The van der Waals surface area contributed by atoms with E-state index >= 15 is 0 Å². The van der Waals surface area contributed by atoms with Crippen LogP contribution in [0.15, 0.2) is 58.6 Å². The number of imide groups is 1. The maximum Gasteiger partial charge on any atom is 0.337 e. The van der Waals surface area contributed by atoms with Gasteiger partial charge in [0.05, 0.1) is 42.9 Å². The molecule has 0 saturated carbocycles. The molecule has 2 heterocycles. The highest BCUT2D eigenvalue weighted by atomic mass is 16.6. The molecule has 3 rings (SSSR count). The number of amides is 2. The van der Waals surface area contributed by atoms with E-state index in [2.05, 4.69) is 10.6 Å². The Morgan fingerprint density at radius 3 is 2.42 bits per heavy atom. The Morgan fingerprint density at radius 2 is 1.79 bits per heavy atom. The fourth-order valence-corrected chi connectivity index (χ4v) is 4.30. The number of esters is 2. The molecule has 0 fully saturated rings.